The molecular weight excluding hydrogens is 524 g/mol. The normalized spacial score (nSPS) is 25.0. The lowest BCUT2D eigenvalue weighted by atomic mass is 9.66. The predicted molar refractivity (Wildman–Crippen MR) is 138 cm³/mol. The Morgan fingerprint density at radius 2 is 1.62 bits per heavy atom. The minimum atomic E-state index is -0.659. The molecule has 12 nitrogen and oxygen atoms in total. The molecule has 0 radical (unpaired) electrons. The smallest absolute Gasteiger partial charge is 0.310 e. The molecule has 1 amide bonds. The molecule has 0 spiro atoms. The first-order valence-electron chi connectivity index (χ1n) is 13.2. The third kappa shape index (κ3) is 4.65. The molecule has 3 aliphatic heterocycles. The number of hydrogen-bond donors (Lipinski definition) is 1. The van der Waals surface area contributed by atoms with E-state index in [9.17, 15) is 9.59 Å². The van der Waals surface area contributed by atoms with Crippen LogP contribution in [-0.4, -0.2) is 84.4 Å². The van der Waals surface area contributed by atoms with E-state index in [1.54, 1.807) is 14.2 Å². The van der Waals surface area contributed by atoms with Crippen molar-refractivity contribution in [1.29, 1.82) is 0 Å². The van der Waals surface area contributed by atoms with Gasteiger partial charge in [0, 0.05) is 24.9 Å². The van der Waals surface area contributed by atoms with Crippen molar-refractivity contribution in [2.45, 2.75) is 12.0 Å². The maximum atomic E-state index is 13.3. The van der Waals surface area contributed by atoms with Gasteiger partial charge in [-0.05, 0) is 41.0 Å². The number of hydroxylamine groups is 1. The summed E-state index contributed by atoms with van der Waals surface area (Å²) in [4.78, 5) is 34.2. The van der Waals surface area contributed by atoms with Gasteiger partial charge in [-0.3, -0.25) is 19.3 Å². The van der Waals surface area contributed by atoms with Gasteiger partial charge in [0.2, 0.25) is 12.5 Å². The molecule has 1 N–H and O–H groups in total. The van der Waals surface area contributed by atoms with Crippen LogP contribution < -0.4 is 29.2 Å². The maximum Gasteiger partial charge on any atom is 0.310 e. The van der Waals surface area contributed by atoms with E-state index >= 15 is 0 Å². The van der Waals surface area contributed by atoms with Crippen LogP contribution in [0.1, 0.15) is 28.7 Å². The molecule has 1 aliphatic carbocycles. The average Bonchev–Trinajstić information content (AvgIpc) is 3.60. The fraction of sp³-hybridized carbons (Fsp3) is 0.500. The zero-order valence-electron chi connectivity index (χ0n) is 22.6. The topological polar surface area (TPSA) is 123 Å². The van der Waals surface area contributed by atoms with E-state index in [1.807, 2.05) is 29.2 Å². The van der Waals surface area contributed by atoms with Crippen molar-refractivity contribution in [3.8, 4) is 28.7 Å². The van der Waals surface area contributed by atoms with Crippen molar-refractivity contribution < 1.29 is 47.6 Å². The molecule has 4 atom stereocenters. The number of ether oxygens (including phenoxy) is 7. The fourth-order valence-corrected chi connectivity index (χ4v) is 6.07. The van der Waals surface area contributed by atoms with Gasteiger partial charge in [-0.15, -0.1) is 0 Å². The van der Waals surface area contributed by atoms with Crippen LogP contribution in [-0.2, 0) is 23.9 Å². The number of carbonyl (C=O) groups is 2. The molecule has 0 aromatic heterocycles. The summed E-state index contributed by atoms with van der Waals surface area (Å²) in [7, 11) is 4.63. The second-order valence-corrected chi connectivity index (χ2v) is 10.0. The van der Waals surface area contributed by atoms with Gasteiger partial charge in [0.1, 0.15) is 6.10 Å². The van der Waals surface area contributed by atoms with Crippen LogP contribution in [0.5, 0.6) is 28.7 Å². The summed E-state index contributed by atoms with van der Waals surface area (Å²) in [5.74, 6) is 0.470. The third-order valence-corrected chi connectivity index (χ3v) is 7.94. The number of nitrogens with zero attached hydrogens (tertiary/aromatic N) is 1. The number of cyclic esters (lactones) is 1. The number of amides is 1. The highest BCUT2D eigenvalue weighted by atomic mass is 16.7. The molecule has 6 rings (SSSR count). The van der Waals surface area contributed by atoms with Gasteiger partial charge in [-0.1, -0.05) is 0 Å². The Labute approximate surface area is 231 Å². The molecule has 4 aliphatic rings. The van der Waals surface area contributed by atoms with Gasteiger partial charge < -0.3 is 33.2 Å². The third-order valence-electron chi connectivity index (χ3n) is 7.94. The lowest BCUT2D eigenvalue weighted by molar-refractivity contribution is -0.146. The molecule has 40 heavy (non-hydrogen) atoms. The predicted octanol–water partition coefficient (Wildman–Crippen LogP) is 1.80. The van der Waals surface area contributed by atoms with Gasteiger partial charge in [0.05, 0.1) is 53.6 Å². The summed E-state index contributed by atoms with van der Waals surface area (Å²) >= 11 is 0. The minimum absolute atomic E-state index is 0.0871. The van der Waals surface area contributed by atoms with Crippen LogP contribution in [0.15, 0.2) is 24.3 Å². The number of carbonyl (C=O) groups excluding carboxylic acids is 2. The van der Waals surface area contributed by atoms with E-state index in [0.717, 1.165) is 16.7 Å². The average molecular weight is 557 g/mol. The lowest BCUT2D eigenvalue weighted by Gasteiger charge is -2.38. The summed E-state index contributed by atoms with van der Waals surface area (Å²) in [5, 5.41) is 0. The Morgan fingerprint density at radius 3 is 2.27 bits per heavy atom. The largest absolute Gasteiger partial charge is 0.493 e. The van der Waals surface area contributed by atoms with Gasteiger partial charge in [0.15, 0.2) is 23.0 Å². The van der Waals surface area contributed by atoms with Crippen LogP contribution >= 0.6 is 0 Å². The Bertz CT molecular complexity index is 1270. The minimum Gasteiger partial charge on any atom is -0.493 e. The van der Waals surface area contributed by atoms with Crippen LogP contribution in [0.3, 0.4) is 0 Å². The number of morpholine rings is 1. The first-order chi connectivity index (χ1) is 19.5. The first kappa shape index (κ1) is 26.5. The second kappa shape index (κ2) is 11.0. The zero-order valence-corrected chi connectivity index (χ0v) is 22.6. The molecule has 2 saturated heterocycles. The van der Waals surface area contributed by atoms with E-state index in [4.69, 9.17) is 38.0 Å². The molecular formula is C28H32N2O10. The van der Waals surface area contributed by atoms with Crippen molar-refractivity contribution in [1.82, 2.24) is 10.4 Å². The van der Waals surface area contributed by atoms with Crippen LogP contribution in [0, 0.1) is 11.8 Å². The summed E-state index contributed by atoms with van der Waals surface area (Å²) < 4.78 is 39.1. The lowest BCUT2D eigenvalue weighted by Crippen LogP contribution is -2.44. The SMILES string of the molecule is COc1cc([C@@H]2c3cc4c(cc3[C@H](ONC(=O)CN3CCOCC3)[C@H]3COC(=O)[C@H]23)OCO4)cc(OC)c1OC. The zero-order chi connectivity index (χ0) is 27.8. The van der Waals surface area contributed by atoms with E-state index in [0.29, 0.717) is 55.1 Å². The second-order valence-electron chi connectivity index (χ2n) is 10.0. The van der Waals surface area contributed by atoms with Crippen LogP contribution in [0.25, 0.3) is 0 Å². The van der Waals surface area contributed by atoms with E-state index in [1.165, 1.54) is 7.11 Å². The molecule has 2 fully saturated rings. The number of esters is 1. The Kier molecular flexibility index (Phi) is 7.30. The molecule has 2 aromatic carbocycles. The molecule has 0 bridgehead atoms. The Morgan fingerprint density at radius 1 is 0.950 bits per heavy atom. The molecule has 214 valence electrons. The van der Waals surface area contributed by atoms with Crippen molar-refractivity contribution in [3.05, 3.63) is 41.0 Å². The highest BCUT2D eigenvalue weighted by Gasteiger charge is 2.53. The fourth-order valence-electron chi connectivity index (χ4n) is 6.07. The van der Waals surface area contributed by atoms with Gasteiger partial charge in [0.25, 0.3) is 5.91 Å². The molecule has 12 heteroatoms. The number of nitrogens with one attached hydrogen (secondary N) is 1. The first-order valence-corrected chi connectivity index (χ1v) is 13.2. The Balaban J connectivity index is 1.39. The van der Waals surface area contributed by atoms with Crippen molar-refractivity contribution in [2.75, 3.05) is 67.6 Å². The highest BCUT2D eigenvalue weighted by Crippen LogP contribution is 2.56. The maximum absolute atomic E-state index is 13.3. The number of hydrogen-bond acceptors (Lipinski definition) is 11. The van der Waals surface area contributed by atoms with E-state index < -0.39 is 17.9 Å². The molecule has 3 heterocycles. The van der Waals surface area contributed by atoms with Crippen molar-refractivity contribution >= 4 is 11.9 Å². The summed E-state index contributed by atoms with van der Waals surface area (Å²) in [6, 6.07) is 7.42. The summed E-state index contributed by atoms with van der Waals surface area (Å²) in [5.41, 5.74) is 4.97. The van der Waals surface area contributed by atoms with Gasteiger partial charge in [-0.25, -0.2) is 5.48 Å². The molecule has 0 saturated carbocycles. The molecule has 0 unspecified atom stereocenters. The van der Waals surface area contributed by atoms with Gasteiger partial charge in [-0.2, -0.15) is 0 Å². The summed E-state index contributed by atoms with van der Waals surface area (Å²) in [6.07, 6.45) is -0.659. The van der Waals surface area contributed by atoms with E-state index in [2.05, 4.69) is 5.48 Å². The Hall–Kier alpha value is -3.74. The van der Waals surface area contributed by atoms with Crippen LogP contribution in [0.4, 0.5) is 0 Å². The van der Waals surface area contributed by atoms with Crippen molar-refractivity contribution in [2.24, 2.45) is 11.8 Å². The van der Waals surface area contributed by atoms with Crippen molar-refractivity contribution in [3.63, 3.8) is 0 Å². The number of rotatable bonds is 8. The summed E-state index contributed by atoms with van der Waals surface area (Å²) in [6.45, 7) is 2.93. The van der Waals surface area contributed by atoms with Crippen LogP contribution in [0.2, 0.25) is 0 Å². The van der Waals surface area contributed by atoms with Gasteiger partial charge >= 0.3 is 5.97 Å². The molecule has 2 aromatic rings. The number of methoxy groups -OCH3 is 3. The number of fused-ring (bicyclic) bond motifs is 3. The standard InChI is InChI=1S/C28H32N2O10/c1-33-21-8-15(9-22(34-2)27(21)35-3)24-16-10-19-20(39-14-38-19)11-17(16)26(18-13-37-28(32)25(18)24)40-29-23(31)12-30-4-6-36-7-5-30/h8-11,18,24-26H,4-7,12-14H2,1-3H3,(H,29,31)/t18-,24+,25-,26-/m0/s1. The highest BCUT2D eigenvalue weighted by molar-refractivity contribution is 5.79. The number of benzene rings is 2. The quantitative estimate of drug-likeness (QED) is 0.378. The monoisotopic (exact) mass is 556 g/mol. The van der Waals surface area contributed by atoms with E-state index in [-0.39, 0.29) is 37.7 Å².